The summed E-state index contributed by atoms with van der Waals surface area (Å²) in [4.78, 5) is 11.4. The molecule has 24 heavy (non-hydrogen) atoms. The van der Waals surface area contributed by atoms with Crippen molar-refractivity contribution in [1.29, 1.82) is 5.26 Å². The Morgan fingerprint density at radius 2 is 2.21 bits per heavy atom. The first-order valence-electron chi connectivity index (χ1n) is 8.20. The summed E-state index contributed by atoms with van der Waals surface area (Å²) >= 11 is 0. The topological polar surface area (TPSA) is 103 Å². The smallest absolute Gasteiger partial charge is 0.145 e. The van der Waals surface area contributed by atoms with Crippen molar-refractivity contribution >= 4 is 11.0 Å². The highest BCUT2D eigenvalue weighted by Crippen LogP contribution is 2.37. The molecule has 0 bridgehead atoms. The minimum absolute atomic E-state index is 0.100. The highest BCUT2D eigenvalue weighted by atomic mass is 16.3. The number of aromatic hydroxyl groups is 1. The van der Waals surface area contributed by atoms with Crippen molar-refractivity contribution in [3.8, 4) is 23.1 Å². The quantitative estimate of drug-likeness (QED) is 0.768. The van der Waals surface area contributed by atoms with Crippen molar-refractivity contribution in [3.05, 3.63) is 24.9 Å². The number of aromatic amines is 1. The van der Waals surface area contributed by atoms with E-state index in [9.17, 15) is 10.4 Å². The van der Waals surface area contributed by atoms with Crippen LogP contribution in [0.2, 0.25) is 0 Å². The molecule has 0 saturated heterocycles. The van der Waals surface area contributed by atoms with Crippen LogP contribution in [0.15, 0.2) is 24.9 Å². The number of hydrogen-bond donors (Lipinski definition) is 2. The monoisotopic (exact) mass is 322 g/mol. The van der Waals surface area contributed by atoms with Crippen LogP contribution in [-0.2, 0) is 0 Å². The molecule has 3 aromatic heterocycles. The molecule has 0 aromatic carbocycles. The average Bonchev–Trinajstić information content (AvgIpc) is 3.34. The molecule has 0 radical (unpaired) electrons. The van der Waals surface area contributed by atoms with Crippen LogP contribution in [0, 0.1) is 17.2 Å². The molecule has 7 nitrogen and oxygen atoms in total. The number of nitriles is 1. The number of aromatic nitrogens is 5. The molecule has 1 unspecified atom stereocenters. The molecule has 0 amide bonds. The van der Waals surface area contributed by atoms with Crippen LogP contribution in [0.4, 0.5) is 0 Å². The van der Waals surface area contributed by atoms with E-state index in [4.69, 9.17) is 0 Å². The molecule has 122 valence electrons. The van der Waals surface area contributed by atoms with E-state index in [0.717, 1.165) is 18.4 Å². The van der Waals surface area contributed by atoms with Gasteiger partial charge in [-0.15, -0.1) is 0 Å². The second kappa shape index (κ2) is 5.96. The van der Waals surface area contributed by atoms with Crippen LogP contribution in [-0.4, -0.2) is 29.8 Å². The van der Waals surface area contributed by atoms with E-state index in [-0.39, 0.29) is 11.8 Å². The molecule has 7 heteroatoms. The van der Waals surface area contributed by atoms with Crippen LogP contribution in [0.3, 0.4) is 0 Å². The lowest BCUT2D eigenvalue weighted by molar-refractivity contribution is 0.315. The van der Waals surface area contributed by atoms with Gasteiger partial charge in [-0.1, -0.05) is 12.8 Å². The highest BCUT2D eigenvalue weighted by molar-refractivity contribution is 5.95. The van der Waals surface area contributed by atoms with E-state index < -0.39 is 0 Å². The molecular weight excluding hydrogens is 304 g/mol. The minimum atomic E-state index is 0.100. The summed E-state index contributed by atoms with van der Waals surface area (Å²) in [7, 11) is 0. The molecule has 1 aliphatic rings. The predicted molar refractivity (Wildman–Crippen MR) is 88.0 cm³/mol. The lowest BCUT2D eigenvalue weighted by Gasteiger charge is -2.21. The Morgan fingerprint density at radius 1 is 1.38 bits per heavy atom. The number of nitrogens with zero attached hydrogens (tertiary/aromatic N) is 5. The third-order valence-electron chi connectivity index (χ3n) is 4.91. The summed E-state index contributed by atoms with van der Waals surface area (Å²) in [6, 6.07) is 2.40. The first-order valence-corrected chi connectivity index (χ1v) is 8.20. The molecule has 2 N–H and O–H groups in total. The second-order valence-corrected chi connectivity index (χ2v) is 6.30. The fraction of sp³-hybridized carbons (Fsp3) is 0.412. The van der Waals surface area contributed by atoms with Gasteiger partial charge in [0.25, 0.3) is 0 Å². The number of H-pyrrole nitrogens is 1. The van der Waals surface area contributed by atoms with E-state index in [1.165, 1.54) is 25.4 Å². The largest absolute Gasteiger partial charge is 0.506 e. The third-order valence-corrected chi connectivity index (χ3v) is 4.91. The van der Waals surface area contributed by atoms with Crippen LogP contribution < -0.4 is 0 Å². The first kappa shape index (κ1) is 14.7. The van der Waals surface area contributed by atoms with Crippen LogP contribution >= 0.6 is 0 Å². The molecule has 3 aromatic rings. The Hall–Kier alpha value is -2.88. The summed E-state index contributed by atoms with van der Waals surface area (Å²) < 4.78 is 1.90. The SMILES string of the molecule is N#CCC(C1CCCC1)n1cc(-c2ncnc3[nH]cc(O)c23)cn1. The van der Waals surface area contributed by atoms with Crippen LogP contribution in [0.25, 0.3) is 22.3 Å². The highest BCUT2D eigenvalue weighted by Gasteiger charge is 2.27. The van der Waals surface area contributed by atoms with Gasteiger partial charge in [0.2, 0.25) is 0 Å². The molecule has 0 aliphatic heterocycles. The molecule has 1 fully saturated rings. The Kier molecular flexibility index (Phi) is 3.65. The zero-order valence-electron chi connectivity index (χ0n) is 13.2. The Balaban J connectivity index is 1.73. The van der Waals surface area contributed by atoms with E-state index in [1.54, 1.807) is 6.20 Å². The molecule has 3 heterocycles. The van der Waals surface area contributed by atoms with Crippen LogP contribution in [0.5, 0.6) is 5.75 Å². The number of fused-ring (bicyclic) bond motifs is 1. The summed E-state index contributed by atoms with van der Waals surface area (Å²) in [5.74, 6) is 0.626. The van der Waals surface area contributed by atoms with Gasteiger partial charge in [-0.05, 0) is 18.8 Å². The summed E-state index contributed by atoms with van der Waals surface area (Å²) in [5, 5.41) is 24.3. The Bertz CT molecular complexity index is 899. The van der Waals surface area contributed by atoms with Crippen molar-refractivity contribution in [1.82, 2.24) is 24.7 Å². The number of hydrogen-bond acceptors (Lipinski definition) is 5. The van der Waals surface area contributed by atoms with Gasteiger partial charge >= 0.3 is 0 Å². The first-order chi connectivity index (χ1) is 11.8. The van der Waals surface area contributed by atoms with Gasteiger partial charge in [-0.2, -0.15) is 10.4 Å². The van der Waals surface area contributed by atoms with E-state index >= 15 is 0 Å². The van der Waals surface area contributed by atoms with Gasteiger partial charge in [-0.3, -0.25) is 4.68 Å². The maximum absolute atomic E-state index is 10.0. The molecule has 1 aliphatic carbocycles. The van der Waals surface area contributed by atoms with Gasteiger partial charge in [0.15, 0.2) is 0 Å². The molecule has 1 atom stereocenters. The zero-order chi connectivity index (χ0) is 16.5. The van der Waals surface area contributed by atoms with Gasteiger partial charge in [0.05, 0.1) is 35.8 Å². The minimum Gasteiger partial charge on any atom is -0.506 e. The molecule has 0 spiro atoms. The summed E-state index contributed by atoms with van der Waals surface area (Å²) in [5.41, 5.74) is 2.06. The van der Waals surface area contributed by atoms with Gasteiger partial charge in [0, 0.05) is 18.0 Å². The zero-order valence-corrected chi connectivity index (χ0v) is 13.2. The van der Waals surface area contributed by atoms with Crippen molar-refractivity contribution in [2.45, 2.75) is 38.1 Å². The molecule has 4 rings (SSSR count). The van der Waals surface area contributed by atoms with Crippen LogP contribution in [0.1, 0.15) is 38.1 Å². The normalized spacial score (nSPS) is 16.5. The molecule has 1 saturated carbocycles. The third kappa shape index (κ3) is 2.40. The second-order valence-electron chi connectivity index (χ2n) is 6.30. The maximum Gasteiger partial charge on any atom is 0.145 e. The standard InChI is InChI=1S/C17H18N6O/c18-6-5-13(11-3-1-2-4-11)23-9-12(7-22-23)16-15-14(24)8-19-17(15)21-10-20-16/h7-11,13,24H,1-5H2,(H,19,20,21). The van der Waals surface area contributed by atoms with E-state index in [1.807, 2.05) is 10.9 Å². The van der Waals surface area contributed by atoms with Crippen molar-refractivity contribution < 1.29 is 5.11 Å². The Morgan fingerprint density at radius 3 is 3.00 bits per heavy atom. The Labute approximate surface area is 139 Å². The fourth-order valence-corrected chi connectivity index (χ4v) is 3.72. The lowest BCUT2D eigenvalue weighted by Crippen LogP contribution is -2.17. The number of nitrogens with one attached hydrogen (secondary N) is 1. The van der Waals surface area contributed by atoms with Crippen molar-refractivity contribution in [2.75, 3.05) is 0 Å². The summed E-state index contributed by atoms with van der Waals surface area (Å²) in [6.07, 6.45) is 11.9. The van der Waals surface area contributed by atoms with E-state index in [2.05, 4.69) is 26.1 Å². The van der Waals surface area contributed by atoms with Gasteiger partial charge in [-0.25, -0.2) is 9.97 Å². The van der Waals surface area contributed by atoms with Gasteiger partial charge < -0.3 is 10.1 Å². The van der Waals surface area contributed by atoms with E-state index in [0.29, 0.717) is 29.1 Å². The molecular formula is C17H18N6O. The van der Waals surface area contributed by atoms with Crippen molar-refractivity contribution in [2.24, 2.45) is 5.92 Å². The fourth-order valence-electron chi connectivity index (χ4n) is 3.72. The average molecular weight is 322 g/mol. The van der Waals surface area contributed by atoms with Gasteiger partial charge in [0.1, 0.15) is 17.7 Å². The number of rotatable bonds is 4. The maximum atomic E-state index is 10.0. The lowest BCUT2D eigenvalue weighted by atomic mass is 9.96. The summed E-state index contributed by atoms with van der Waals surface area (Å²) in [6.45, 7) is 0. The van der Waals surface area contributed by atoms with Crippen molar-refractivity contribution in [3.63, 3.8) is 0 Å². The predicted octanol–water partition coefficient (Wildman–Crippen LogP) is 3.17.